The lowest BCUT2D eigenvalue weighted by molar-refractivity contribution is 0.107. The van der Waals surface area contributed by atoms with Crippen molar-refractivity contribution in [1.82, 2.24) is 10.2 Å². The first-order chi connectivity index (χ1) is 5.25. The van der Waals surface area contributed by atoms with Crippen LogP contribution in [0.5, 0.6) is 0 Å². The Labute approximate surface area is 68.4 Å². The number of aliphatic hydroxyl groups excluding tert-OH is 1. The van der Waals surface area contributed by atoms with Crippen molar-refractivity contribution in [2.75, 3.05) is 33.8 Å². The maximum Gasteiger partial charge on any atom is 0.0475 e. The quantitative estimate of drug-likeness (QED) is 0.570. The molecule has 11 heavy (non-hydrogen) atoms. The molecule has 66 valence electrons. The van der Waals surface area contributed by atoms with E-state index >= 15 is 0 Å². The van der Waals surface area contributed by atoms with Crippen molar-refractivity contribution in [1.29, 1.82) is 0 Å². The molecule has 1 rings (SSSR count). The van der Waals surface area contributed by atoms with Crippen LogP contribution < -0.4 is 5.32 Å². The summed E-state index contributed by atoms with van der Waals surface area (Å²) in [6.45, 7) is 2.39. The van der Waals surface area contributed by atoms with Gasteiger partial charge in [0.15, 0.2) is 0 Å². The van der Waals surface area contributed by atoms with E-state index in [4.69, 9.17) is 5.11 Å². The summed E-state index contributed by atoms with van der Waals surface area (Å²) in [5.41, 5.74) is 0. The van der Waals surface area contributed by atoms with E-state index in [0.29, 0.717) is 18.6 Å². The van der Waals surface area contributed by atoms with E-state index in [2.05, 4.69) is 24.3 Å². The van der Waals surface area contributed by atoms with Gasteiger partial charge in [-0.1, -0.05) is 0 Å². The number of nitrogens with one attached hydrogen (secondary N) is 1. The molecule has 1 saturated heterocycles. The second kappa shape index (κ2) is 4.04. The molecule has 0 aliphatic carbocycles. The van der Waals surface area contributed by atoms with Gasteiger partial charge in [0.1, 0.15) is 0 Å². The zero-order valence-corrected chi connectivity index (χ0v) is 7.38. The molecular formula is C8H18N2O. The number of hydrogen-bond acceptors (Lipinski definition) is 3. The van der Waals surface area contributed by atoms with E-state index in [9.17, 15) is 0 Å². The highest BCUT2D eigenvalue weighted by atomic mass is 16.3. The molecule has 1 fully saturated rings. The van der Waals surface area contributed by atoms with Gasteiger partial charge in [-0.2, -0.15) is 0 Å². The Morgan fingerprint density at radius 2 is 2.27 bits per heavy atom. The summed E-state index contributed by atoms with van der Waals surface area (Å²) in [6, 6.07) is 0.508. The van der Waals surface area contributed by atoms with Gasteiger partial charge >= 0.3 is 0 Å². The molecular weight excluding hydrogens is 140 g/mol. The van der Waals surface area contributed by atoms with Crippen molar-refractivity contribution in [3.05, 3.63) is 0 Å². The van der Waals surface area contributed by atoms with E-state index in [1.807, 2.05) is 0 Å². The zero-order valence-electron chi connectivity index (χ0n) is 7.38. The van der Waals surface area contributed by atoms with Crippen LogP contribution in [0.15, 0.2) is 0 Å². The molecule has 0 aromatic carbocycles. The first-order valence-corrected chi connectivity index (χ1v) is 4.23. The summed E-state index contributed by atoms with van der Waals surface area (Å²) in [7, 11) is 4.14. The van der Waals surface area contributed by atoms with Gasteiger partial charge in [-0.3, -0.25) is 0 Å². The third-order valence-corrected chi connectivity index (χ3v) is 2.49. The Balaban J connectivity index is 2.44. The van der Waals surface area contributed by atoms with Crippen LogP contribution in [0, 0.1) is 5.92 Å². The van der Waals surface area contributed by atoms with Crippen LogP contribution in [0.4, 0.5) is 0 Å². The third-order valence-electron chi connectivity index (χ3n) is 2.49. The van der Waals surface area contributed by atoms with Crippen molar-refractivity contribution in [2.45, 2.75) is 12.5 Å². The number of hydrogen-bond donors (Lipinski definition) is 2. The van der Waals surface area contributed by atoms with Gasteiger partial charge in [0.25, 0.3) is 0 Å². The second-order valence-corrected chi connectivity index (χ2v) is 3.47. The van der Waals surface area contributed by atoms with Crippen LogP contribution >= 0.6 is 0 Å². The lowest BCUT2D eigenvalue weighted by Gasteiger charge is -2.35. The highest BCUT2D eigenvalue weighted by molar-refractivity contribution is 4.82. The summed E-state index contributed by atoms with van der Waals surface area (Å²) < 4.78 is 0. The molecule has 0 aromatic heterocycles. The maximum absolute atomic E-state index is 9.06. The molecule has 1 aliphatic heterocycles. The van der Waals surface area contributed by atoms with E-state index in [0.717, 1.165) is 19.5 Å². The number of likely N-dealkylation sites (N-methyl/N-ethyl adjacent to an activating group) is 1. The van der Waals surface area contributed by atoms with Crippen molar-refractivity contribution in [3.8, 4) is 0 Å². The van der Waals surface area contributed by atoms with Crippen LogP contribution in [0.25, 0.3) is 0 Å². The van der Waals surface area contributed by atoms with Gasteiger partial charge in [0, 0.05) is 19.2 Å². The monoisotopic (exact) mass is 158 g/mol. The number of nitrogens with zero attached hydrogens (tertiary/aromatic N) is 1. The lowest BCUT2D eigenvalue weighted by Crippen LogP contribution is -2.49. The molecule has 0 aromatic rings. The van der Waals surface area contributed by atoms with Crippen molar-refractivity contribution in [3.63, 3.8) is 0 Å². The molecule has 0 bridgehead atoms. The number of aliphatic hydroxyl groups is 1. The predicted molar refractivity (Wildman–Crippen MR) is 45.5 cm³/mol. The molecule has 0 amide bonds. The van der Waals surface area contributed by atoms with Gasteiger partial charge in [0.2, 0.25) is 0 Å². The standard InChI is InChI=1S/C8H18N2O/c1-10(2)8-5-9-4-3-7(8)6-11/h7-9,11H,3-6H2,1-2H3/t7-,8-/m1/s1. The van der Waals surface area contributed by atoms with Crippen LogP contribution in [0.1, 0.15) is 6.42 Å². The number of piperidine rings is 1. The molecule has 1 heterocycles. The van der Waals surface area contributed by atoms with E-state index in [-0.39, 0.29) is 0 Å². The predicted octanol–water partition coefficient (Wildman–Crippen LogP) is -0.482. The summed E-state index contributed by atoms with van der Waals surface area (Å²) in [4.78, 5) is 2.19. The summed E-state index contributed by atoms with van der Waals surface area (Å²) >= 11 is 0. The minimum absolute atomic E-state index is 0.324. The zero-order chi connectivity index (χ0) is 8.27. The van der Waals surface area contributed by atoms with Gasteiger partial charge in [-0.15, -0.1) is 0 Å². The maximum atomic E-state index is 9.06. The minimum atomic E-state index is 0.324. The molecule has 2 N–H and O–H groups in total. The molecule has 0 unspecified atom stereocenters. The average Bonchev–Trinajstić information content (AvgIpc) is 2.04. The smallest absolute Gasteiger partial charge is 0.0475 e. The molecule has 0 radical (unpaired) electrons. The van der Waals surface area contributed by atoms with E-state index < -0.39 is 0 Å². The van der Waals surface area contributed by atoms with Gasteiger partial charge in [0.05, 0.1) is 0 Å². The first kappa shape index (κ1) is 8.97. The first-order valence-electron chi connectivity index (χ1n) is 4.23. The Morgan fingerprint density at radius 1 is 1.55 bits per heavy atom. The summed E-state index contributed by atoms with van der Waals surface area (Å²) in [5.74, 6) is 0.464. The fraction of sp³-hybridized carbons (Fsp3) is 1.00. The lowest BCUT2D eigenvalue weighted by atomic mass is 9.93. The van der Waals surface area contributed by atoms with Gasteiger partial charge in [-0.05, 0) is 33.0 Å². The van der Waals surface area contributed by atoms with E-state index in [1.165, 1.54) is 0 Å². The molecule has 0 spiro atoms. The Bertz CT molecular complexity index is 117. The van der Waals surface area contributed by atoms with Crippen molar-refractivity contribution < 1.29 is 5.11 Å². The fourth-order valence-corrected chi connectivity index (χ4v) is 1.71. The molecule has 3 nitrogen and oxygen atoms in total. The van der Waals surface area contributed by atoms with Crippen LogP contribution in [-0.4, -0.2) is 49.8 Å². The summed E-state index contributed by atoms with van der Waals surface area (Å²) in [6.07, 6.45) is 1.10. The van der Waals surface area contributed by atoms with Crippen molar-refractivity contribution >= 4 is 0 Å². The van der Waals surface area contributed by atoms with Crippen LogP contribution in [0.2, 0.25) is 0 Å². The summed E-state index contributed by atoms with van der Waals surface area (Å²) in [5, 5.41) is 12.4. The largest absolute Gasteiger partial charge is 0.396 e. The molecule has 0 saturated carbocycles. The Morgan fingerprint density at radius 3 is 2.73 bits per heavy atom. The van der Waals surface area contributed by atoms with Gasteiger partial charge < -0.3 is 15.3 Å². The highest BCUT2D eigenvalue weighted by Gasteiger charge is 2.25. The average molecular weight is 158 g/mol. The Hall–Kier alpha value is -0.120. The van der Waals surface area contributed by atoms with Crippen LogP contribution in [-0.2, 0) is 0 Å². The molecule has 3 heteroatoms. The topological polar surface area (TPSA) is 35.5 Å². The normalized spacial score (nSPS) is 32.7. The third kappa shape index (κ3) is 2.15. The van der Waals surface area contributed by atoms with Gasteiger partial charge in [-0.25, -0.2) is 0 Å². The fourth-order valence-electron chi connectivity index (χ4n) is 1.71. The SMILES string of the molecule is CN(C)[C@@H]1CNCC[C@@H]1CO. The highest BCUT2D eigenvalue weighted by Crippen LogP contribution is 2.14. The number of rotatable bonds is 2. The Kier molecular flexibility index (Phi) is 3.30. The second-order valence-electron chi connectivity index (χ2n) is 3.47. The molecule has 2 atom stereocenters. The van der Waals surface area contributed by atoms with E-state index in [1.54, 1.807) is 0 Å². The minimum Gasteiger partial charge on any atom is -0.396 e. The van der Waals surface area contributed by atoms with Crippen molar-refractivity contribution in [2.24, 2.45) is 5.92 Å². The molecule has 1 aliphatic rings. The van der Waals surface area contributed by atoms with Crippen LogP contribution in [0.3, 0.4) is 0 Å².